The second-order valence-corrected chi connectivity index (χ2v) is 1.97. The predicted octanol–water partition coefficient (Wildman–Crippen LogP) is 1.28. The third kappa shape index (κ3) is 3.81. The Morgan fingerprint density at radius 3 is 2.38 bits per heavy atom. The van der Waals surface area contributed by atoms with Crippen LogP contribution in [0.25, 0.3) is 0 Å². The molecule has 0 bridgehead atoms. The van der Waals surface area contributed by atoms with Crippen LogP contribution in [0.4, 0.5) is 4.39 Å². The van der Waals surface area contributed by atoms with Gasteiger partial charge < -0.3 is 5.11 Å². The van der Waals surface area contributed by atoms with Crippen molar-refractivity contribution < 1.29 is 9.50 Å². The smallest absolute Gasteiger partial charge is 0.119 e. The summed E-state index contributed by atoms with van der Waals surface area (Å²) < 4.78 is 11.5. The monoisotopic (exact) mass is 118 g/mol. The Hall–Kier alpha value is -0.370. The van der Waals surface area contributed by atoms with Gasteiger partial charge in [-0.2, -0.15) is 0 Å². The molecule has 0 radical (unpaired) electrons. The maximum Gasteiger partial charge on any atom is 0.119 e. The summed E-state index contributed by atoms with van der Waals surface area (Å²) in [5.41, 5.74) is 0.940. The molecule has 0 aromatic rings. The fourth-order valence-corrected chi connectivity index (χ4v) is 0.429. The molecule has 0 rings (SSSR count). The average Bonchev–Trinajstić information content (AvgIpc) is 1.65. The van der Waals surface area contributed by atoms with Crippen LogP contribution in [-0.2, 0) is 0 Å². The van der Waals surface area contributed by atoms with E-state index < -0.39 is 12.8 Å². The SMILES string of the molecule is CC(C)=CC(O)CF. The van der Waals surface area contributed by atoms with Crippen molar-refractivity contribution in [1.82, 2.24) is 0 Å². The Balaban J connectivity index is 3.51. The molecule has 0 amide bonds. The molecule has 48 valence electrons. The van der Waals surface area contributed by atoms with E-state index >= 15 is 0 Å². The van der Waals surface area contributed by atoms with Gasteiger partial charge in [-0.15, -0.1) is 0 Å². The molecular weight excluding hydrogens is 107 g/mol. The molecule has 1 unspecified atom stereocenters. The molecule has 0 aliphatic heterocycles. The van der Waals surface area contributed by atoms with Gasteiger partial charge in [-0.1, -0.05) is 11.6 Å². The van der Waals surface area contributed by atoms with Crippen LogP contribution in [0.15, 0.2) is 11.6 Å². The van der Waals surface area contributed by atoms with Crippen LogP contribution in [0.3, 0.4) is 0 Å². The lowest BCUT2D eigenvalue weighted by molar-refractivity contribution is 0.183. The third-order valence-electron chi connectivity index (χ3n) is 0.684. The van der Waals surface area contributed by atoms with Crippen molar-refractivity contribution >= 4 is 0 Å². The standard InChI is InChI=1S/C6H11FO/c1-5(2)3-6(8)4-7/h3,6,8H,4H2,1-2H3. The van der Waals surface area contributed by atoms with Gasteiger partial charge in [0.25, 0.3) is 0 Å². The number of aliphatic hydroxyl groups is 1. The molecule has 8 heavy (non-hydrogen) atoms. The lowest BCUT2D eigenvalue weighted by Crippen LogP contribution is -2.03. The van der Waals surface area contributed by atoms with Crippen molar-refractivity contribution in [3.05, 3.63) is 11.6 Å². The lowest BCUT2D eigenvalue weighted by atomic mass is 10.2. The van der Waals surface area contributed by atoms with Crippen LogP contribution in [0.1, 0.15) is 13.8 Å². The Morgan fingerprint density at radius 1 is 1.75 bits per heavy atom. The molecule has 0 saturated carbocycles. The predicted molar refractivity (Wildman–Crippen MR) is 31.4 cm³/mol. The molecule has 0 aliphatic rings. The highest BCUT2D eigenvalue weighted by molar-refractivity contribution is 4.97. The number of rotatable bonds is 2. The average molecular weight is 118 g/mol. The molecule has 1 N–H and O–H groups in total. The van der Waals surface area contributed by atoms with Gasteiger partial charge in [0.1, 0.15) is 12.8 Å². The molecule has 2 heteroatoms. The van der Waals surface area contributed by atoms with Crippen molar-refractivity contribution in [2.45, 2.75) is 20.0 Å². The molecule has 0 aliphatic carbocycles. The third-order valence-corrected chi connectivity index (χ3v) is 0.684. The number of alkyl halides is 1. The number of aliphatic hydroxyl groups excluding tert-OH is 1. The van der Waals surface area contributed by atoms with Gasteiger partial charge in [0.05, 0.1) is 0 Å². The molecule has 0 saturated heterocycles. The topological polar surface area (TPSA) is 20.2 Å². The van der Waals surface area contributed by atoms with Crippen LogP contribution in [0.2, 0.25) is 0 Å². The summed E-state index contributed by atoms with van der Waals surface area (Å²) in [6.07, 6.45) is 0.583. The molecule has 0 heterocycles. The minimum Gasteiger partial charge on any atom is -0.386 e. The fourth-order valence-electron chi connectivity index (χ4n) is 0.429. The van der Waals surface area contributed by atoms with E-state index in [1.807, 2.05) is 13.8 Å². The molecule has 0 fully saturated rings. The summed E-state index contributed by atoms with van der Waals surface area (Å²) in [6, 6.07) is 0. The largest absolute Gasteiger partial charge is 0.386 e. The molecule has 1 nitrogen and oxygen atoms in total. The van der Waals surface area contributed by atoms with Gasteiger partial charge in [-0.3, -0.25) is 0 Å². The van der Waals surface area contributed by atoms with Crippen LogP contribution >= 0.6 is 0 Å². The summed E-state index contributed by atoms with van der Waals surface area (Å²) in [6.45, 7) is 2.95. The number of allylic oxidation sites excluding steroid dienone is 1. The van der Waals surface area contributed by atoms with Crippen molar-refractivity contribution in [3.63, 3.8) is 0 Å². The summed E-state index contributed by atoms with van der Waals surface area (Å²) in [4.78, 5) is 0. The normalized spacial score (nSPS) is 13.0. The highest BCUT2D eigenvalue weighted by Crippen LogP contribution is 1.93. The fraction of sp³-hybridized carbons (Fsp3) is 0.667. The maximum atomic E-state index is 11.5. The first-order valence-electron chi connectivity index (χ1n) is 2.56. The quantitative estimate of drug-likeness (QED) is 0.541. The minimum absolute atomic E-state index is 0.689. The van der Waals surface area contributed by atoms with E-state index in [1.165, 1.54) is 6.08 Å². The molecule has 0 aromatic carbocycles. The molecular formula is C6H11FO. The van der Waals surface area contributed by atoms with E-state index in [1.54, 1.807) is 0 Å². The van der Waals surface area contributed by atoms with Crippen LogP contribution in [0, 0.1) is 0 Å². The van der Waals surface area contributed by atoms with Crippen molar-refractivity contribution in [3.8, 4) is 0 Å². The van der Waals surface area contributed by atoms with E-state index in [2.05, 4.69) is 0 Å². The van der Waals surface area contributed by atoms with Crippen molar-refractivity contribution in [2.24, 2.45) is 0 Å². The lowest BCUT2D eigenvalue weighted by Gasteiger charge is -1.96. The zero-order valence-corrected chi connectivity index (χ0v) is 5.19. The highest BCUT2D eigenvalue weighted by atomic mass is 19.1. The van der Waals surface area contributed by atoms with E-state index in [0.29, 0.717) is 0 Å². The molecule has 0 spiro atoms. The van der Waals surface area contributed by atoms with Gasteiger partial charge in [0.15, 0.2) is 0 Å². The summed E-state index contributed by atoms with van der Waals surface area (Å²) in [7, 11) is 0. The second kappa shape index (κ2) is 3.61. The Morgan fingerprint density at radius 2 is 2.25 bits per heavy atom. The maximum absolute atomic E-state index is 11.5. The first-order valence-corrected chi connectivity index (χ1v) is 2.56. The summed E-state index contributed by atoms with van der Waals surface area (Å²) >= 11 is 0. The van der Waals surface area contributed by atoms with Crippen molar-refractivity contribution in [1.29, 1.82) is 0 Å². The van der Waals surface area contributed by atoms with Gasteiger partial charge in [-0.25, -0.2) is 4.39 Å². The Labute approximate surface area is 48.8 Å². The van der Waals surface area contributed by atoms with Crippen LogP contribution < -0.4 is 0 Å². The Bertz CT molecular complexity index is 84.5. The zero-order chi connectivity index (χ0) is 6.57. The van der Waals surface area contributed by atoms with Gasteiger partial charge >= 0.3 is 0 Å². The van der Waals surface area contributed by atoms with Gasteiger partial charge in [0, 0.05) is 0 Å². The molecule has 1 atom stereocenters. The first-order chi connectivity index (χ1) is 3.66. The van der Waals surface area contributed by atoms with Gasteiger partial charge in [-0.05, 0) is 13.8 Å². The Kier molecular flexibility index (Phi) is 3.44. The van der Waals surface area contributed by atoms with E-state index in [0.717, 1.165) is 5.57 Å². The van der Waals surface area contributed by atoms with Crippen molar-refractivity contribution in [2.75, 3.05) is 6.67 Å². The summed E-state index contributed by atoms with van der Waals surface area (Å²) in [5, 5.41) is 8.58. The van der Waals surface area contributed by atoms with E-state index in [9.17, 15) is 4.39 Å². The number of hydrogen-bond acceptors (Lipinski definition) is 1. The zero-order valence-electron chi connectivity index (χ0n) is 5.19. The second-order valence-electron chi connectivity index (χ2n) is 1.97. The highest BCUT2D eigenvalue weighted by Gasteiger charge is 1.94. The van der Waals surface area contributed by atoms with Crippen LogP contribution in [-0.4, -0.2) is 17.9 Å². The number of halogens is 1. The summed E-state index contributed by atoms with van der Waals surface area (Å²) in [5.74, 6) is 0. The molecule has 0 aromatic heterocycles. The van der Waals surface area contributed by atoms with E-state index in [4.69, 9.17) is 5.11 Å². The van der Waals surface area contributed by atoms with E-state index in [-0.39, 0.29) is 0 Å². The van der Waals surface area contributed by atoms with Crippen LogP contribution in [0.5, 0.6) is 0 Å². The first kappa shape index (κ1) is 7.63. The minimum atomic E-state index is -0.903. The number of hydrogen-bond donors (Lipinski definition) is 1. The van der Waals surface area contributed by atoms with Gasteiger partial charge in [0.2, 0.25) is 0 Å².